The molecule has 0 radical (unpaired) electrons. The molecule has 18 heavy (non-hydrogen) atoms. The maximum absolute atomic E-state index is 10.4. The third kappa shape index (κ3) is 2.59. The van der Waals surface area contributed by atoms with Crippen LogP contribution in [0.15, 0.2) is 10.5 Å². The quantitative estimate of drug-likeness (QED) is 0.842. The van der Waals surface area contributed by atoms with Crippen LogP contribution in [0.3, 0.4) is 0 Å². The summed E-state index contributed by atoms with van der Waals surface area (Å²) in [4.78, 5) is 11.1. The Morgan fingerprint density at radius 2 is 2.17 bits per heavy atom. The zero-order valence-electron chi connectivity index (χ0n) is 9.69. The molecule has 0 aliphatic carbocycles. The summed E-state index contributed by atoms with van der Waals surface area (Å²) in [5.41, 5.74) is 0.789. The van der Waals surface area contributed by atoms with E-state index in [0.29, 0.717) is 10.8 Å². The standard InChI is InChI=1S/C10H10N4O3S/c1-5(2)8-9(18-14-12-8)10-13-11-6(17-10)3-4-7(15)16/h3-5H,1-2H3,(H,15,16)/b4-3+. The number of hydrogen-bond donors (Lipinski definition) is 1. The molecule has 2 aromatic rings. The normalized spacial score (nSPS) is 11.5. The lowest BCUT2D eigenvalue weighted by atomic mass is 10.1. The fourth-order valence-corrected chi connectivity index (χ4v) is 2.00. The molecule has 0 spiro atoms. The number of aliphatic carboxylic acids is 1. The van der Waals surface area contributed by atoms with E-state index in [1.54, 1.807) is 0 Å². The molecule has 0 fully saturated rings. The smallest absolute Gasteiger partial charge is 0.328 e. The number of carbonyl (C=O) groups is 1. The summed E-state index contributed by atoms with van der Waals surface area (Å²) in [7, 11) is 0. The zero-order valence-corrected chi connectivity index (χ0v) is 10.5. The molecule has 0 amide bonds. The molecule has 0 bridgehead atoms. The Hall–Kier alpha value is -2.09. The summed E-state index contributed by atoms with van der Waals surface area (Å²) in [6.45, 7) is 3.98. The fourth-order valence-electron chi connectivity index (χ4n) is 1.26. The lowest BCUT2D eigenvalue weighted by molar-refractivity contribution is -0.131. The van der Waals surface area contributed by atoms with Crippen LogP contribution >= 0.6 is 11.5 Å². The van der Waals surface area contributed by atoms with Crippen molar-refractivity contribution in [2.45, 2.75) is 19.8 Å². The van der Waals surface area contributed by atoms with Crippen molar-refractivity contribution in [3.63, 3.8) is 0 Å². The van der Waals surface area contributed by atoms with E-state index in [2.05, 4.69) is 19.8 Å². The van der Waals surface area contributed by atoms with E-state index in [0.717, 1.165) is 11.8 Å². The van der Waals surface area contributed by atoms with E-state index >= 15 is 0 Å². The average molecular weight is 266 g/mol. The summed E-state index contributed by atoms with van der Waals surface area (Å²) >= 11 is 1.17. The number of carboxylic acids is 1. The second-order valence-electron chi connectivity index (χ2n) is 3.76. The molecule has 94 valence electrons. The Morgan fingerprint density at radius 3 is 2.83 bits per heavy atom. The number of rotatable bonds is 4. The first-order chi connectivity index (χ1) is 8.58. The van der Waals surface area contributed by atoms with Gasteiger partial charge >= 0.3 is 5.97 Å². The van der Waals surface area contributed by atoms with Gasteiger partial charge in [-0.05, 0) is 17.5 Å². The molecule has 2 heterocycles. The van der Waals surface area contributed by atoms with Crippen LogP contribution in [0.1, 0.15) is 31.4 Å². The Morgan fingerprint density at radius 1 is 1.39 bits per heavy atom. The monoisotopic (exact) mass is 266 g/mol. The maximum atomic E-state index is 10.4. The molecular weight excluding hydrogens is 256 g/mol. The molecule has 1 N–H and O–H groups in total. The van der Waals surface area contributed by atoms with Gasteiger partial charge in [0.05, 0.1) is 5.69 Å². The number of carboxylic acid groups (broad SMARTS) is 1. The first-order valence-corrected chi connectivity index (χ1v) is 5.92. The molecule has 0 unspecified atom stereocenters. The molecule has 0 aliphatic rings. The van der Waals surface area contributed by atoms with Crippen molar-refractivity contribution >= 4 is 23.6 Å². The second kappa shape index (κ2) is 5.05. The predicted molar refractivity (Wildman–Crippen MR) is 64.0 cm³/mol. The third-order valence-corrected chi connectivity index (χ3v) is 2.79. The van der Waals surface area contributed by atoms with Gasteiger partial charge in [-0.1, -0.05) is 18.3 Å². The first kappa shape index (κ1) is 12.4. The van der Waals surface area contributed by atoms with E-state index < -0.39 is 5.97 Å². The molecule has 7 nitrogen and oxygen atoms in total. The van der Waals surface area contributed by atoms with Crippen LogP contribution in [-0.2, 0) is 4.79 Å². The maximum Gasteiger partial charge on any atom is 0.328 e. The van der Waals surface area contributed by atoms with Crippen LogP contribution in [0.25, 0.3) is 16.8 Å². The summed E-state index contributed by atoms with van der Waals surface area (Å²) in [6, 6.07) is 0. The average Bonchev–Trinajstić information content (AvgIpc) is 2.94. The molecule has 0 saturated heterocycles. The highest BCUT2D eigenvalue weighted by molar-refractivity contribution is 7.09. The number of hydrogen-bond acceptors (Lipinski definition) is 7. The largest absolute Gasteiger partial charge is 0.478 e. The molecule has 8 heteroatoms. The Labute approximate surface area is 106 Å². The predicted octanol–water partition coefficient (Wildman–Crippen LogP) is 1.81. The van der Waals surface area contributed by atoms with Gasteiger partial charge in [0.1, 0.15) is 4.88 Å². The summed E-state index contributed by atoms with van der Waals surface area (Å²) in [5.74, 6) is -0.435. The van der Waals surface area contributed by atoms with Gasteiger partial charge < -0.3 is 9.52 Å². The molecule has 0 saturated carbocycles. The van der Waals surface area contributed by atoms with Gasteiger partial charge in [-0.25, -0.2) is 4.79 Å². The van der Waals surface area contributed by atoms with Crippen molar-refractivity contribution in [1.82, 2.24) is 19.8 Å². The summed E-state index contributed by atoms with van der Waals surface area (Å²) < 4.78 is 9.18. The van der Waals surface area contributed by atoms with E-state index in [1.165, 1.54) is 17.6 Å². The van der Waals surface area contributed by atoms with Gasteiger partial charge in [0, 0.05) is 12.2 Å². The van der Waals surface area contributed by atoms with Crippen molar-refractivity contribution in [2.24, 2.45) is 0 Å². The Kier molecular flexibility index (Phi) is 3.47. The first-order valence-electron chi connectivity index (χ1n) is 5.15. The second-order valence-corrected chi connectivity index (χ2v) is 4.51. The minimum atomic E-state index is -1.07. The third-order valence-electron chi connectivity index (χ3n) is 2.06. The molecule has 2 aromatic heterocycles. The molecule has 2 rings (SSSR count). The minimum Gasteiger partial charge on any atom is -0.478 e. The van der Waals surface area contributed by atoms with Gasteiger partial charge in [0.25, 0.3) is 5.89 Å². The van der Waals surface area contributed by atoms with E-state index in [4.69, 9.17) is 9.52 Å². The number of nitrogens with zero attached hydrogens (tertiary/aromatic N) is 4. The highest BCUT2D eigenvalue weighted by Crippen LogP contribution is 2.29. The lowest BCUT2D eigenvalue weighted by Gasteiger charge is -1.98. The van der Waals surface area contributed by atoms with Crippen LogP contribution in [-0.4, -0.2) is 30.9 Å². The Balaban J connectivity index is 2.29. The van der Waals surface area contributed by atoms with Crippen LogP contribution in [0.2, 0.25) is 0 Å². The molecule has 0 atom stereocenters. The molecule has 0 aliphatic heterocycles. The number of aromatic nitrogens is 4. The van der Waals surface area contributed by atoms with E-state index in [1.807, 2.05) is 13.8 Å². The van der Waals surface area contributed by atoms with E-state index in [-0.39, 0.29) is 11.8 Å². The van der Waals surface area contributed by atoms with Crippen molar-refractivity contribution in [3.8, 4) is 10.8 Å². The van der Waals surface area contributed by atoms with Gasteiger partial charge in [0.15, 0.2) is 0 Å². The Bertz CT molecular complexity index is 587. The SMILES string of the molecule is CC(C)c1nnsc1-c1nnc(/C=C/C(=O)O)o1. The minimum absolute atomic E-state index is 0.135. The summed E-state index contributed by atoms with van der Waals surface area (Å²) in [6.07, 6.45) is 2.17. The molecular formula is C10H10N4O3S. The van der Waals surface area contributed by atoms with Crippen molar-refractivity contribution in [2.75, 3.05) is 0 Å². The van der Waals surface area contributed by atoms with Gasteiger partial charge in [-0.2, -0.15) is 0 Å². The highest BCUT2D eigenvalue weighted by atomic mass is 32.1. The van der Waals surface area contributed by atoms with Crippen molar-refractivity contribution in [1.29, 1.82) is 0 Å². The van der Waals surface area contributed by atoms with Gasteiger partial charge in [-0.15, -0.1) is 15.3 Å². The van der Waals surface area contributed by atoms with Crippen LogP contribution in [0.5, 0.6) is 0 Å². The van der Waals surface area contributed by atoms with Gasteiger partial charge in [-0.3, -0.25) is 0 Å². The zero-order chi connectivity index (χ0) is 13.1. The van der Waals surface area contributed by atoms with E-state index in [9.17, 15) is 4.79 Å². The van der Waals surface area contributed by atoms with Crippen LogP contribution in [0, 0.1) is 0 Å². The van der Waals surface area contributed by atoms with Gasteiger partial charge in [0.2, 0.25) is 5.89 Å². The molecule has 0 aromatic carbocycles. The lowest BCUT2D eigenvalue weighted by Crippen LogP contribution is -1.90. The van der Waals surface area contributed by atoms with Crippen LogP contribution < -0.4 is 0 Å². The van der Waals surface area contributed by atoms with Crippen LogP contribution in [0.4, 0.5) is 0 Å². The van der Waals surface area contributed by atoms with Crippen molar-refractivity contribution in [3.05, 3.63) is 17.7 Å². The highest BCUT2D eigenvalue weighted by Gasteiger charge is 2.18. The fraction of sp³-hybridized carbons (Fsp3) is 0.300. The summed E-state index contributed by atoms with van der Waals surface area (Å²) in [5, 5.41) is 20.1. The topological polar surface area (TPSA) is 102 Å². The van der Waals surface area contributed by atoms with Crippen molar-refractivity contribution < 1.29 is 14.3 Å².